The van der Waals surface area contributed by atoms with Gasteiger partial charge in [0.25, 0.3) is 0 Å². The minimum absolute atomic E-state index is 0.0967. The highest BCUT2D eigenvalue weighted by atomic mass is 16.4. The molecule has 3 N–H and O–H groups in total. The Morgan fingerprint density at radius 3 is 2.65 bits per heavy atom. The van der Waals surface area contributed by atoms with Crippen molar-refractivity contribution in [2.75, 3.05) is 5.73 Å². The van der Waals surface area contributed by atoms with Gasteiger partial charge in [0, 0.05) is 17.4 Å². The second kappa shape index (κ2) is 4.29. The molecule has 0 amide bonds. The highest BCUT2D eigenvalue weighted by molar-refractivity contribution is 5.68. The lowest BCUT2D eigenvalue weighted by Gasteiger charge is -2.04. The van der Waals surface area contributed by atoms with Crippen LogP contribution < -0.4 is 5.73 Å². The third kappa shape index (κ3) is 2.44. The minimum atomic E-state index is -0.890. The lowest BCUT2D eigenvalue weighted by molar-refractivity contribution is -0.137. The molecule has 2 aromatic rings. The lowest BCUT2D eigenvalue weighted by Crippen LogP contribution is -2.09. The van der Waals surface area contributed by atoms with Crippen molar-refractivity contribution in [3.63, 3.8) is 0 Å². The van der Waals surface area contributed by atoms with Gasteiger partial charge in [-0.3, -0.25) is 4.79 Å². The van der Waals surface area contributed by atoms with Gasteiger partial charge in [-0.25, -0.2) is 4.98 Å². The molecule has 5 nitrogen and oxygen atoms in total. The molecule has 0 aliphatic carbocycles. The van der Waals surface area contributed by atoms with Crippen molar-refractivity contribution in [1.82, 2.24) is 9.55 Å². The van der Waals surface area contributed by atoms with E-state index in [1.807, 2.05) is 19.1 Å². The number of aromatic nitrogens is 2. The molecule has 1 heterocycles. The van der Waals surface area contributed by atoms with E-state index in [9.17, 15) is 4.79 Å². The summed E-state index contributed by atoms with van der Waals surface area (Å²) >= 11 is 0. The molecule has 0 aliphatic heterocycles. The number of aryl methyl sites for hydroxylation is 1. The normalized spacial score (nSPS) is 10.4. The molecule has 0 fully saturated rings. The summed E-state index contributed by atoms with van der Waals surface area (Å²) in [5.74, 6) is -0.246. The molecule has 0 spiro atoms. The van der Waals surface area contributed by atoms with Crippen LogP contribution in [0.2, 0.25) is 0 Å². The average Bonchev–Trinajstić information content (AvgIpc) is 2.59. The van der Waals surface area contributed by atoms with Gasteiger partial charge in [-0.15, -0.1) is 0 Å². The van der Waals surface area contributed by atoms with Crippen molar-refractivity contribution in [3.05, 3.63) is 36.2 Å². The zero-order valence-electron chi connectivity index (χ0n) is 9.42. The van der Waals surface area contributed by atoms with E-state index in [1.165, 1.54) is 0 Å². The van der Waals surface area contributed by atoms with Crippen molar-refractivity contribution in [2.24, 2.45) is 0 Å². The number of hydrogen-bond acceptors (Lipinski definition) is 3. The van der Waals surface area contributed by atoms with Crippen LogP contribution in [-0.2, 0) is 11.3 Å². The zero-order chi connectivity index (χ0) is 12.4. The maximum atomic E-state index is 10.7. The van der Waals surface area contributed by atoms with Gasteiger partial charge in [0.05, 0.1) is 5.69 Å². The van der Waals surface area contributed by atoms with E-state index in [0.717, 1.165) is 11.3 Å². The quantitative estimate of drug-likeness (QED) is 0.785. The molecule has 0 bridgehead atoms. The van der Waals surface area contributed by atoms with E-state index >= 15 is 0 Å². The van der Waals surface area contributed by atoms with E-state index in [0.29, 0.717) is 11.5 Å². The Morgan fingerprint density at radius 1 is 1.41 bits per heavy atom. The molecule has 0 saturated heterocycles. The van der Waals surface area contributed by atoms with Gasteiger partial charge >= 0.3 is 5.97 Å². The number of nitrogens with two attached hydrogens (primary N) is 1. The van der Waals surface area contributed by atoms with E-state index in [2.05, 4.69) is 4.98 Å². The molecule has 2 rings (SSSR count). The fraction of sp³-hybridized carbons (Fsp3) is 0.167. The van der Waals surface area contributed by atoms with Crippen LogP contribution in [-0.4, -0.2) is 20.6 Å². The maximum Gasteiger partial charge on any atom is 0.323 e. The summed E-state index contributed by atoms with van der Waals surface area (Å²) in [6.45, 7) is 1.74. The molecule has 1 aromatic carbocycles. The standard InChI is InChI=1S/C12H13N3O2/c1-8-6-15(7-11(16)17)12(14-8)9-2-4-10(13)5-3-9/h2-6H,7,13H2,1H3,(H,16,17). The fourth-order valence-corrected chi connectivity index (χ4v) is 1.68. The maximum absolute atomic E-state index is 10.7. The van der Waals surface area contributed by atoms with Crippen LogP contribution in [0.25, 0.3) is 11.4 Å². The Labute approximate surface area is 98.5 Å². The third-order valence-electron chi connectivity index (χ3n) is 2.37. The lowest BCUT2D eigenvalue weighted by atomic mass is 10.2. The molecular formula is C12H13N3O2. The van der Waals surface area contributed by atoms with Gasteiger partial charge in [-0.05, 0) is 31.2 Å². The van der Waals surface area contributed by atoms with Crippen LogP contribution in [0.15, 0.2) is 30.5 Å². The van der Waals surface area contributed by atoms with Crippen molar-refractivity contribution in [3.8, 4) is 11.4 Å². The number of imidazole rings is 1. The Balaban J connectivity index is 2.43. The molecule has 0 saturated carbocycles. The van der Waals surface area contributed by atoms with Gasteiger partial charge < -0.3 is 15.4 Å². The molecule has 17 heavy (non-hydrogen) atoms. The van der Waals surface area contributed by atoms with Gasteiger partial charge in [0.1, 0.15) is 12.4 Å². The van der Waals surface area contributed by atoms with Crippen LogP contribution >= 0.6 is 0 Å². The first-order valence-electron chi connectivity index (χ1n) is 5.18. The van der Waals surface area contributed by atoms with E-state index in [4.69, 9.17) is 10.8 Å². The largest absolute Gasteiger partial charge is 0.480 e. The number of aliphatic carboxylic acids is 1. The van der Waals surface area contributed by atoms with Gasteiger partial charge in [0.15, 0.2) is 0 Å². The van der Waals surface area contributed by atoms with E-state index in [1.54, 1.807) is 22.9 Å². The second-order valence-electron chi connectivity index (χ2n) is 3.85. The Hall–Kier alpha value is -2.30. The van der Waals surface area contributed by atoms with Crippen molar-refractivity contribution < 1.29 is 9.90 Å². The SMILES string of the molecule is Cc1cn(CC(=O)O)c(-c2ccc(N)cc2)n1. The number of nitrogen functional groups attached to an aromatic ring is 1. The number of benzene rings is 1. The Morgan fingerprint density at radius 2 is 2.06 bits per heavy atom. The number of nitrogens with zero attached hydrogens (tertiary/aromatic N) is 2. The average molecular weight is 231 g/mol. The Kier molecular flexibility index (Phi) is 2.82. The molecule has 0 aliphatic rings. The molecular weight excluding hydrogens is 218 g/mol. The highest BCUT2D eigenvalue weighted by Crippen LogP contribution is 2.20. The van der Waals surface area contributed by atoms with Crippen molar-refractivity contribution >= 4 is 11.7 Å². The molecule has 0 unspecified atom stereocenters. The first kappa shape index (κ1) is 11.2. The number of anilines is 1. The third-order valence-corrected chi connectivity index (χ3v) is 2.37. The van der Waals surface area contributed by atoms with Crippen LogP contribution in [0, 0.1) is 6.92 Å². The summed E-state index contributed by atoms with van der Waals surface area (Å²) in [5, 5.41) is 8.82. The highest BCUT2D eigenvalue weighted by Gasteiger charge is 2.10. The van der Waals surface area contributed by atoms with Crippen LogP contribution in [0.5, 0.6) is 0 Å². The summed E-state index contributed by atoms with van der Waals surface area (Å²) < 4.78 is 1.61. The van der Waals surface area contributed by atoms with Gasteiger partial charge in [0.2, 0.25) is 0 Å². The van der Waals surface area contributed by atoms with Gasteiger partial charge in [-0.2, -0.15) is 0 Å². The van der Waals surface area contributed by atoms with Crippen molar-refractivity contribution in [1.29, 1.82) is 0 Å². The second-order valence-corrected chi connectivity index (χ2v) is 3.85. The van der Waals surface area contributed by atoms with Gasteiger partial charge in [-0.1, -0.05) is 0 Å². The fourth-order valence-electron chi connectivity index (χ4n) is 1.68. The Bertz CT molecular complexity index is 543. The van der Waals surface area contributed by atoms with Crippen LogP contribution in [0.1, 0.15) is 5.69 Å². The molecule has 1 aromatic heterocycles. The summed E-state index contributed by atoms with van der Waals surface area (Å²) in [6.07, 6.45) is 1.72. The summed E-state index contributed by atoms with van der Waals surface area (Å²) in [7, 11) is 0. The first-order valence-corrected chi connectivity index (χ1v) is 5.18. The summed E-state index contributed by atoms with van der Waals surface area (Å²) in [5.41, 5.74) is 7.92. The molecule has 0 atom stereocenters. The number of rotatable bonds is 3. The monoisotopic (exact) mass is 231 g/mol. The predicted molar refractivity (Wildman–Crippen MR) is 64.4 cm³/mol. The molecule has 0 radical (unpaired) electrons. The first-order chi connectivity index (χ1) is 8.06. The number of carboxylic acids is 1. The topological polar surface area (TPSA) is 81.1 Å². The van der Waals surface area contributed by atoms with Crippen LogP contribution in [0.4, 0.5) is 5.69 Å². The molecule has 5 heteroatoms. The number of hydrogen-bond donors (Lipinski definition) is 2. The number of carboxylic acid groups (broad SMARTS) is 1. The van der Waals surface area contributed by atoms with Crippen LogP contribution in [0.3, 0.4) is 0 Å². The summed E-state index contributed by atoms with van der Waals surface area (Å²) in [6, 6.07) is 7.19. The minimum Gasteiger partial charge on any atom is -0.480 e. The zero-order valence-corrected chi connectivity index (χ0v) is 9.42. The predicted octanol–water partition coefficient (Wildman–Crippen LogP) is 1.53. The van der Waals surface area contributed by atoms with E-state index < -0.39 is 5.97 Å². The smallest absolute Gasteiger partial charge is 0.323 e. The number of carbonyl (C=O) groups is 1. The summed E-state index contributed by atoms with van der Waals surface area (Å²) in [4.78, 5) is 15.1. The molecule has 88 valence electrons. The van der Waals surface area contributed by atoms with E-state index in [-0.39, 0.29) is 6.54 Å². The van der Waals surface area contributed by atoms with Crippen molar-refractivity contribution in [2.45, 2.75) is 13.5 Å².